The van der Waals surface area contributed by atoms with Crippen LogP contribution in [0.1, 0.15) is 44.6 Å². The maximum atomic E-state index is 11.5. The van der Waals surface area contributed by atoms with E-state index in [0.717, 1.165) is 18.4 Å². The highest BCUT2D eigenvalue weighted by Gasteiger charge is 2.52. The van der Waals surface area contributed by atoms with Crippen LogP contribution >= 0.6 is 0 Å². The molecule has 0 spiro atoms. The highest BCUT2D eigenvalue weighted by molar-refractivity contribution is 6.12. The number of rotatable bonds is 12. The van der Waals surface area contributed by atoms with E-state index in [0.29, 0.717) is 19.4 Å². The highest BCUT2D eigenvalue weighted by atomic mass is 16.7. The first-order chi connectivity index (χ1) is 16.3. The van der Waals surface area contributed by atoms with Gasteiger partial charge in [0.25, 0.3) is 11.8 Å². The molecule has 1 aromatic rings. The largest absolute Gasteiger partial charge is 0.396 e. The first kappa shape index (κ1) is 26.0. The van der Waals surface area contributed by atoms with Crippen molar-refractivity contribution in [3.63, 3.8) is 0 Å². The Morgan fingerprint density at radius 2 is 1.79 bits per heavy atom. The van der Waals surface area contributed by atoms with Gasteiger partial charge in [-0.3, -0.25) is 14.5 Å². The number of nitrogens with zero attached hydrogens (tertiary/aromatic N) is 2. The van der Waals surface area contributed by atoms with Gasteiger partial charge in [-0.2, -0.15) is 0 Å². The van der Waals surface area contributed by atoms with Crippen molar-refractivity contribution in [2.75, 3.05) is 13.2 Å². The van der Waals surface area contributed by atoms with Crippen LogP contribution in [0.15, 0.2) is 47.6 Å². The second-order valence-corrected chi connectivity index (χ2v) is 8.38. The summed E-state index contributed by atoms with van der Waals surface area (Å²) in [7, 11) is 0. The molecule has 2 aliphatic rings. The quantitative estimate of drug-likeness (QED) is 0.177. The number of carbonyl (C=O) groups is 2. The smallest absolute Gasteiger partial charge is 0.253 e. The number of aliphatic hydroxyl groups is 3. The summed E-state index contributed by atoms with van der Waals surface area (Å²) in [5.41, 5.74) is -1.21. The van der Waals surface area contributed by atoms with Crippen LogP contribution in [0.5, 0.6) is 0 Å². The average Bonchev–Trinajstić information content (AvgIpc) is 3.15. The topological polar surface area (TPSA) is 138 Å². The molecule has 2 aliphatic heterocycles. The third-order valence-electron chi connectivity index (χ3n) is 5.91. The van der Waals surface area contributed by atoms with Gasteiger partial charge in [0.15, 0.2) is 18.2 Å². The summed E-state index contributed by atoms with van der Waals surface area (Å²) < 4.78 is 11.0. The van der Waals surface area contributed by atoms with Gasteiger partial charge in [-0.1, -0.05) is 41.9 Å². The lowest BCUT2D eigenvalue weighted by atomic mass is 9.87. The minimum atomic E-state index is -2.12. The Labute approximate surface area is 198 Å². The summed E-state index contributed by atoms with van der Waals surface area (Å²) in [6.45, 7) is 2.34. The summed E-state index contributed by atoms with van der Waals surface area (Å²) >= 11 is 0. The van der Waals surface area contributed by atoms with Crippen LogP contribution in [0.4, 0.5) is 0 Å². The molecule has 10 heteroatoms. The zero-order valence-corrected chi connectivity index (χ0v) is 19.2. The second-order valence-electron chi connectivity index (χ2n) is 8.38. The Morgan fingerprint density at radius 1 is 1.12 bits per heavy atom. The standard InChI is InChI=1S/C24H32N2O8/c1-17(25-33-14-8-3-2-7-13-26-20(28)11-12-21(26)29)24(31)19(27)15-22(34-23(24)30)32-16-18-9-5-4-6-10-18/h4-6,9-12,19,22-23,27,30-31H,2-3,7-8,13-16H2,1H3/b25-17+/t19-,22-,23-,24+/m1/s1. The van der Waals surface area contributed by atoms with Crippen LogP contribution in [-0.4, -0.2) is 75.2 Å². The molecule has 0 unspecified atom stereocenters. The lowest BCUT2D eigenvalue weighted by Crippen LogP contribution is -2.63. The number of unbranched alkanes of at least 4 members (excludes halogenated alkanes) is 3. The lowest BCUT2D eigenvalue weighted by molar-refractivity contribution is -0.324. The van der Waals surface area contributed by atoms with Gasteiger partial charge in [-0.15, -0.1) is 0 Å². The van der Waals surface area contributed by atoms with Gasteiger partial charge in [0.1, 0.15) is 6.61 Å². The number of imide groups is 1. The summed E-state index contributed by atoms with van der Waals surface area (Å²) in [5.74, 6) is -0.553. The van der Waals surface area contributed by atoms with Crippen molar-refractivity contribution >= 4 is 17.5 Å². The molecule has 0 bridgehead atoms. The van der Waals surface area contributed by atoms with Crippen molar-refractivity contribution in [3.8, 4) is 0 Å². The maximum Gasteiger partial charge on any atom is 0.253 e. The number of aliphatic hydroxyl groups excluding tert-OH is 2. The van der Waals surface area contributed by atoms with Gasteiger partial charge < -0.3 is 29.6 Å². The Morgan fingerprint density at radius 3 is 2.47 bits per heavy atom. The molecule has 4 atom stereocenters. The van der Waals surface area contributed by atoms with E-state index >= 15 is 0 Å². The lowest BCUT2D eigenvalue weighted by Gasteiger charge is -2.42. The van der Waals surface area contributed by atoms with Crippen LogP contribution in [-0.2, 0) is 30.5 Å². The fourth-order valence-corrected chi connectivity index (χ4v) is 3.78. The summed E-state index contributed by atoms with van der Waals surface area (Å²) in [4.78, 5) is 29.4. The molecule has 34 heavy (non-hydrogen) atoms. The Hall–Kier alpha value is -2.63. The molecular weight excluding hydrogens is 444 g/mol. The molecule has 0 aromatic heterocycles. The molecule has 2 amide bonds. The Kier molecular flexibility index (Phi) is 9.31. The van der Waals surface area contributed by atoms with E-state index < -0.39 is 24.3 Å². The number of carbonyl (C=O) groups excluding carboxylic acids is 2. The second kappa shape index (κ2) is 12.2. The number of hydrogen-bond donors (Lipinski definition) is 3. The minimum Gasteiger partial charge on any atom is -0.396 e. The van der Waals surface area contributed by atoms with Crippen LogP contribution in [0.3, 0.4) is 0 Å². The van der Waals surface area contributed by atoms with E-state index in [9.17, 15) is 24.9 Å². The molecule has 1 saturated heterocycles. The van der Waals surface area contributed by atoms with Gasteiger partial charge in [0, 0.05) is 25.1 Å². The highest BCUT2D eigenvalue weighted by Crippen LogP contribution is 2.31. The van der Waals surface area contributed by atoms with Gasteiger partial charge in [-0.05, 0) is 31.7 Å². The van der Waals surface area contributed by atoms with E-state index in [-0.39, 0.29) is 37.2 Å². The van der Waals surface area contributed by atoms with Gasteiger partial charge in [-0.25, -0.2) is 0 Å². The molecule has 186 valence electrons. The predicted molar refractivity (Wildman–Crippen MR) is 121 cm³/mol. The number of ether oxygens (including phenoxy) is 2. The average molecular weight is 477 g/mol. The zero-order valence-electron chi connectivity index (χ0n) is 19.2. The van der Waals surface area contributed by atoms with Crippen molar-refractivity contribution in [2.24, 2.45) is 5.16 Å². The number of hydrogen-bond acceptors (Lipinski definition) is 9. The summed E-state index contributed by atoms with van der Waals surface area (Å²) in [6.07, 6.45) is 1.48. The summed E-state index contributed by atoms with van der Waals surface area (Å²) in [5, 5.41) is 35.6. The van der Waals surface area contributed by atoms with Crippen LogP contribution < -0.4 is 0 Å². The van der Waals surface area contributed by atoms with E-state index in [1.165, 1.54) is 24.0 Å². The molecule has 1 aromatic carbocycles. The minimum absolute atomic E-state index is 0.00688. The fraction of sp³-hybridized carbons (Fsp3) is 0.542. The molecule has 2 heterocycles. The molecule has 1 fully saturated rings. The van der Waals surface area contributed by atoms with Gasteiger partial charge in [0.2, 0.25) is 0 Å². The molecule has 3 rings (SSSR count). The molecule has 3 N–H and O–H groups in total. The third-order valence-corrected chi connectivity index (χ3v) is 5.91. The van der Waals surface area contributed by atoms with E-state index in [4.69, 9.17) is 14.3 Å². The van der Waals surface area contributed by atoms with E-state index in [2.05, 4.69) is 5.16 Å². The SMILES string of the molecule is C/C(=N\OCCCCCCN1C(=O)C=CC1=O)[C@]1(O)[C@H](O)C[C@H](OCc2ccccc2)O[C@H]1O. The maximum absolute atomic E-state index is 11.5. The van der Waals surface area contributed by atoms with Crippen molar-refractivity contribution in [2.45, 2.75) is 69.9 Å². The number of benzene rings is 1. The molecule has 10 nitrogen and oxygen atoms in total. The monoisotopic (exact) mass is 476 g/mol. The zero-order chi connectivity index (χ0) is 24.6. The van der Waals surface area contributed by atoms with Crippen LogP contribution in [0.2, 0.25) is 0 Å². The van der Waals surface area contributed by atoms with E-state index in [1.54, 1.807) is 0 Å². The van der Waals surface area contributed by atoms with Crippen molar-refractivity contribution in [3.05, 3.63) is 48.0 Å². The third kappa shape index (κ3) is 6.49. The molecular formula is C24H32N2O8. The van der Waals surface area contributed by atoms with E-state index in [1.807, 2.05) is 30.3 Å². The molecule has 0 aliphatic carbocycles. The van der Waals surface area contributed by atoms with Crippen molar-refractivity contribution in [1.82, 2.24) is 4.90 Å². The van der Waals surface area contributed by atoms with Crippen LogP contribution in [0.25, 0.3) is 0 Å². The Balaban J connectivity index is 1.35. The van der Waals surface area contributed by atoms with Gasteiger partial charge in [0.05, 0.1) is 18.4 Å². The molecule has 0 saturated carbocycles. The van der Waals surface area contributed by atoms with Crippen LogP contribution in [0, 0.1) is 0 Å². The summed E-state index contributed by atoms with van der Waals surface area (Å²) in [6, 6.07) is 9.40. The van der Waals surface area contributed by atoms with Crippen molar-refractivity contribution in [1.29, 1.82) is 0 Å². The Bertz CT molecular complexity index is 858. The first-order valence-electron chi connectivity index (χ1n) is 11.4. The van der Waals surface area contributed by atoms with Gasteiger partial charge >= 0.3 is 0 Å². The first-order valence-corrected chi connectivity index (χ1v) is 11.4. The molecule has 0 radical (unpaired) electrons. The number of oxime groups is 1. The number of amides is 2. The fourth-order valence-electron chi connectivity index (χ4n) is 3.78. The predicted octanol–water partition coefficient (Wildman–Crippen LogP) is 1.24. The van der Waals surface area contributed by atoms with Crippen molar-refractivity contribution < 1.29 is 39.2 Å². The normalized spacial score (nSPS) is 27.5.